The van der Waals surface area contributed by atoms with Crippen LogP contribution >= 0.6 is 45.3 Å². The minimum Gasteiger partial charge on any atom is -0.297 e. The summed E-state index contributed by atoms with van der Waals surface area (Å²) in [4.78, 5) is 20.4. The highest BCUT2D eigenvalue weighted by atomic mass is 32.1. The summed E-state index contributed by atoms with van der Waals surface area (Å²) in [7, 11) is 0. The third-order valence-electron chi connectivity index (χ3n) is 6.19. The standard InChI is InChI=1S/C29H34OS4/c1-3-5-7-9-11-21-17-18-31-28(21)26-15-13-24(33-26)25-14-16-27(34-25)29-22(12-10-8-6-4-2)19-23(20-30)32-29/h13-20H,3-12H2,1-2H3. The molecule has 4 rings (SSSR count). The third kappa shape index (κ3) is 6.37. The number of aldehydes is 1. The van der Waals surface area contributed by atoms with Crippen LogP contribution in [0.1, 0.15) is 86.0 Å². The molecule has 180 valence electrons. The zero-order valence-corrected chi connectivity index (χ0v) is 23.5. The number of carbonyl (C=O) groups is 1. The number of hydrogen-bond acceptors (Lipinski definition) is 5. The van der Waals surface area contributed by atoms with E-state index in [2.05, 4.69) is 55.6 Å². The SMILES string of the molecule is CCCCCCc1ccsc1-c1ccc(-c2ccc(-c3sc(C=O)cc3CCCCCC)s2)s1. The molecule has 0 saturated heterocycles. The predicted molar refractivity (Wildman–Crippen MR) is 155 cm³/mol. The van der Waals surface area contributed by atoms with Gasteiger partial charge in [-0.05, 0) is 78.6 Å². The van der Waals surface area contributed by atoms with E-state index in [1.807, 2.05) is 34.0 Å². The molecule has 0 aromatic carbocycles. The van der Waals surface area contributed by atoms with Gasteiger partial charge in [0.25, 0.3) is 0 Å². The molecule has 0 N–H and O–H groups in total. The van der Waals surface area contributed by atoms with Crippen molar-refractivity contribution in [2.24, 2.45) is 0 Å². The maximum atomic E-state index is 11.5. The maximum Gasteiger partial charge on any atom is 0.160 e. The molecular formula is C29H34OS4. The van der Waals surface area contributed by atoms with E-state index in [1.165, 1.54) is 98.2 Å². The molecule has 0 amide bonds. The lowest BCUT2D eigenvalue weighted by Gasteiger charge is -2.02. The van der Waals surface area contributed by atoms with E-state index in [1.54, 1.807) is 11.3 Å². The largest absolute Gasteiger partial charge is 0.297 e. The van der Waals surface area contributed by atoms with E-state index in [0.717, 1.165) is 17.6 Å². The maximum absolute atomic E-state index is 11.5. The normalized spacial score (nSPS) is 11.4. The Morgan fingerprint density at radius 1 is 0.647 bits per heavy atom. The van der Waals surface area contributed by atoms with Crippen molar-refractivity contribution in [3.8, 4) is 29.3 Å². The minimum atomic E-state index is 0.845. The summed E-state index contributed by atoms with van der Waals surface area (Å²) < 4.78 is 0. The zero-order chi connectivity index (χ0) is 23.8. The van der Waals surface area contributed by atoms with Gasteiger partial charge in [0.05, 0.1) is 4.88 Å². The Morgan fingerprint density at radius 2 is 1.24 bits per heavy atom. The van der Waals surface area contributed by atoms with Gasteiger partial charge in [0.2, 0.25) is 0 Å². The summed E-state index contributed by atoms with van der Waals surface area (Å²) in [5.74, 6) is 0. The van der Waals surface area contributed by atoms with Gasteiger partial charge in [-0.2, -0.15) is 0 Å². The average Bonchev–Trinajstić information content (AvgIpc) is 3.65. The molecule has 0 aliphatic carbocycles. The number of aryl methyl sites for hydroxylation is 2. The van der Waals surface area contributed by atoms with Crippen LogP contribution in [0.3, 0.4) is 0 Å². The zero-order valence-electron chi connectivity index (χ0n) is 20.2. The number of carbonyl (C=O) groups excluding carboxylic acids is 1. The Morgan fingerprint density at radius 3 is 1.85 bits per heavy atom. The number of hydrogen-bond donors (Lipinski definition) is 0. The van der Waals surface area contributed by atoms with Gasteiger partial charge < -0.3 is 0 Å². The van der Waals surface area contributed by atoms with Crippen LogP contribution in [0.25, 0.3) is 29.3 Å². The van der Waals surface area contributed by atoms with E-state index in [0.29, 0.717) is 0 Å². The van der Waals surface area contributed by atoms with Gasteiger partial charge in [-0.1, -0.05) is 52.4 Å². The Kier molecular flexibility index (Phi) is 9.75. The van der Waals surface area contributed by atoms with Crippen molar-refractivity contribution in [1.29, 1.82) is 0 Å². The van der Waals surface area contributed by atoms with Gasteiger partial charge in [-0.15, -0.1) is 45.3 Å². The van der Waals surface area contributed by atoms with Crippen LogP contribution in [0.2, 0.25) is 0 Å². The Balaban J connectivity index is 1.50. The molecule has 34 heavy (non-hydrogen) atoms. The van der Waals surface area contributed by atoms with Crippen molar-refractivity contribution in [1.82, 2.24) is 0 Å². The summed E-state index contributed by atoms with van der Waals surface area (Å²) in [6, 6.07) is 13.5. The smallest absolute Gasteiger partial charge is 0.160 e. The van der Waals surface area contributed by atoms with Crippen LogP contribution in [-0.4, -0.2) is 6.29 Å². The lowest BCUT2D eigenvalue weighted by atomic mass is 10.1. The van der Waals surface area contributed by atoms with Gasteiger partial charge in [0, 0.05) is 29.3 Å². The molecule has 0 aliphatic rings. The number of unbranched alkanes of at least 4 members (excludes halogenated alkanes) is 6. The fourth-order valence-electron chi connectivity index (χ4n) is 4.32. The van der Waals surface area contributed by atoms with Crippen LogP contribution in [0.4, 0.5) is 0 Å². The minimum absolute atomic E-state index is 0.845. The Bertz CT molecular complexity index is 1170. The quantitative estimate of drug-likeness (QED) is 0.118. The van der Waals surface area contributed by atoms with Crippen molar-refractivity contribution in [3.05, 3.63) is 57.8 Å². The van der Waals surface area contributed by atoms with Gasteiger partial charge in [-0.3, -0.25) is 4.79 Å². The first-order valence-corrected chi connectivity index (χ1v) is 15.9. The molecule has 4 aromatic heterocycles. The molecule has 0 fully saturated rings. The first-order chi connectivity index (χ1) is 16.7. The Hall–Kier alpha value is -1.53. The van der Waals surface area contributed by atoms with E-state index in [-0.39, 0.29) is 0 Å². The van der Waals surface area contributed by atoms with Crippen molar-refractivity contribution < 1.29 is 4.79 Å². The van der Waals surface area contributed by atoms with Crippen LogP contribution in [-0.2, 0) is 12.8 Å². The van der Waals surface area contributed by atoms with Crippen LogP contribution in [0, 0.1) is 0 Å². The van der Waals surface area contributed by atoms with Crippen molar-refractivity contribution in [2.75, 3.05) is 0 Å². The summed E-state index contributed by atoms with van der Waals surface area (Å²) in [5, 5.41) is 2.25. The van der Waals surface area contributed by atoms with E-state index in [4.69, 9.17) is 0 Å². The van der Waals surface area contributed by atoms with E-state index < -0.39 is 0 Å². The van der Waals surface area contributed by atoms with Gasteiger partial charge in [0.15, 0.2) is 6.29 Å². The molecule has 4 aromatic rings. The van der Waals surface area contributed by atoms with Gasteiger partial charge in [-0.25, -0.2) is 0 Å². The highest BCUT2D eigenvalue weighted by Crippen LogP contribution is 2.44. The van der Waals surface area contributed by atoms with Crippen molar-refractivity contribution >= 4 is 51.6 Å². The number of rotatable bonds is 14. The lowest BCUT2D eigenvalue weighted by Crippen LogP contribution is -1.85. The van der Waals surface area contributed by atoms with Crippen molar-refractivity contribution in [3.63, 3.8) is 0 Å². The van der Waals surface area contributed by atoms with Crippen molar-refractivity contribution in [2.45, 2.75) is 78.1 Å². The highest BCUT2D eigenvalue weighted by Gasteiger charge is 2.16. The molecule has 0 atom stereocenters. The third-order valence-corrected chi connectivity index (χ3v) is 11.0. The van der Waals surface area contributed by atoms with Gasteiger partial charge in [0.1, 0.15) is 0 Å². The second-order valence-corrected chi connectivity index (χ2v) is 13.0. The second kappa shape index (κ2) is 13.0. The Labute approximate surface area is 220 Å². The average molecular weight is 527 g/mol. The lowest BCUT2D eigenvalue weighted by molar-refractivity contribution is 0.112. The molecule has 5 heteroatoms. The summed E-state index contributed by atoms with van der Waals surface area (Å²) in [6.07, 6.45) is 13.5. The van der Waals surface area contributed by atoms with Crippen LogP contribution in [0.5, 0.6) is 0 Å². The molecule has 4 heterocycles. The van der Waals surface area contributed by atoms with Crippen LogP contribution < -0.4 is 0 Å². The molecule has 1 nitrogen and oxygen atoms in total. The second-order valence-electron chi connectivity index (χ2n) is 8.85. The summed E-state index contributed by atoms with van der Waals surface area (Å²) >= 11 is 7.30. The van der Waals surface area contributed by atoms with Gasteiger partial charge >= 0.3 is 0 Å². The number of thiophene rings is 4. The molecule has 0 bridgehead atoms. The van der Waals surface area contributed by atoms with E-state index in [9.17, 15) is 4.79 Å². The molecule has 0 unspecified atom stereocenters. The first kappa shape index (κ1) is 25.6. The molecule has 0 saturated carbocycles. The fourth-order valence-corrected chi connectivity index (χ4v) is 8.71. The fraction of sp³-hybridized carbons (Fsp3) is 0.414. The predicted octanol–water partition coefficient (Wildman–Crippen LogP) is 11.0. The summed E-state index contributed by atoms with van der Waals surface area (Å²) in [5.41, 5.74) is 2.85. The highest BCUT2D eigenvalue weighted by molar-refractivity contribution is 7.28. The van der Waals surface area contributed by atoms with Crippen LogP contribution in [0.15, 0.2) is 41.8 Å². The van der Waals surface area contributed by atoms with E-state index >= 15 is 0 Å². The molecule has 0 radical (unpaired) electrons. The monoisotopic (exact) mass is 526 g/mol. The first-order valence-electron chi connectivity index (χ1n) is 12.6. The topological polar surface area (TPSA) is 17.1 Å². The molecule has 0 aliphatic heterocycles. The molecular weight excluding hydrogens is 493 g/mol. The molecule has 0 spiro atoms. The summed E-state index contributed by atoms with van der Waals surface area (Å²) in [6.45, 7) is 4.52.